The summed E-state index contributed by atoms with van der Waals surface area (Å²) >= 11 is -6.02. The van der Waals surface area contributed by atoms with Crippen molar-refractivity contribution in [1.29, 1.82) is 0 Å². The van der Waals surface area contributed by atoms with Crippen molar-refractivity contribution in [3.63, 3.8) is 0 Å². The van der Waals surface area contributed by atoms with Crippen molar-refractivity contribution < 1.29 is 40.0 Å². The Morgan fingerprint density at radius 3 is 0.337 bits per heavy atom. The first-order valence-electron chi connectivity index (χ1n) is 38.5. The Morgan fingerprint density at radius 1 is 0.181 bits per heavy atom. The SMILES string of the molecule is CCCCCCCCCCCCCCCCCC[N+](C)(C)CCCCCCCCCCCCCCCCCC.CCCCCCCCCCCCCCCCCC[N+](C)(C)CCCCCCCCCCCCCCCCCC.[O]=[Mo](=[O])([O-])[O-]. The second kappa shape index (κ2) is 72.9. The zero-order valence-electron chi connectivity index (χ0n) is 59.0. The molecule has 0 saturated heterocycles. The average molecular weight is 1260 g/mol. The molecule has 0 aliphatic rings. The summed E-state index contributed by atoms with van der Waals surface area (Å²) in [6.07, 6.45) is 93.9. The number of hydrogen-bond donors (Lipinski definition) is 0. The minimum absolute atomic E-state index is 1.25. The molecule has 0 aromatic carbocycles. The topological polar surface area (TPSA) is 80.3 Å². The molecule has 0 rings (SSSR count). The monoisotopic (exact) mass is 1260 g/mol. The van der Waals surface area contributed by atoms with E-state index in [9.17, 15) is 0 Å². The molecule has 0 atom stereocenters. The minimum atomic E-state index is -6.02. The summed E-state index contributed by atoms with van der Waals surface area (Å²) in [6, 6.07) is 0. The van der Waals surface area contributed by atoms with E-state index >= 15 is 0 Å². The molecular weight excluding hydrogens is 1100 g/mol. The van der Waals surface area contributed by atoms with Crippen molar-refractivity contribution in [3.05, 3.63) is 0 Å². The Hall–Kier alpha value is 0.128. The molecule has 83 heavy (non-hydrogen) atoms. The maximum atomic E-state index is 8.63. The Balaban J connectivity index is -0.00000142. The number of hydrogen-bond acceptors (Lipinski definition) is 4. The van der Waals surface area contributed by atoms with E-state index in [0.29, 0.717) is 0 Å². The molecule has 0 N–H and O–H groups in total. The molecular formula is C76H160MoN2O4. The van der Waals surface area contributed by atoms with Gasteiger partial charge in [0.25, 0.3) is 0 Å². The van der Waals surface area contributed by atoms with Crippen molar-refractivity contribution in [3.8, 4) is 0 Å². The van der Waals surface area contributed by atoms with Crippen LogP contribution in [0.5, 0.6) is 0 Å². The van der Waals surface area contributed by atoms with Crippen LogP contribution in [0.4, 0.5) is 0 Å². The van der Waals surface area contributed by atoms with Gasteiger partial charge in [-0.3, -0.25) is 0 Å². The molecule has 0 spiro atoms. The molecule has 504 valence electrons. The van der Waals surface area contributed by atoms with Crippen molar-refractivity contribution in [2.45, 2.75) is 439 Å². The van der Waals surface area contributed by atoms with Gasteiger partial charge in [-0.05, 0) is 51.4 Å². The molecule has 0 aliphatic heterocycles. The molecule has 0 bridgehead atoms. The zero-order chi connectivity index (χ0) is 61.6. The first-order valence-corrected chi connectivity index (χ1v) is 41.8. The van der Waals surface area contributed by atoms with E-state index in [2.05, 4.69) is 55.9 Å². The first kappa shape index (κ1) is 87.3. The summed E-state index contributed by atoms with van der Waals surface area (Å²) in [7, 11) is 9.87. The van der Waals surface area contributed by atoms with Gasteiger partial charge in [-0.2, -0.15) is 0 Å². The molecule has 0 fully saturated rings. The average Bonchev–Trinajstić information content (AvgIpc) is 3.44. The van der Waals surface area contributed by atoms with Gasteiger partial charge in [0.2, 0.25) is 0 Å². The summed E-state index contributed by atoms with van der Waals surface area (Å²) in [4.78, 5) is 0. The summed E-state index contributed by atoms with van der Waals surface area (Å²) < 4.78 is 37.0. The second-order valence-electron chi connectivity index (χ2n) is 28.4. The summed E-state index contributed by atoms with van der Waals surface area (Å²) in [5.74, 6) is 0. The van der Waals surface area contributed by atoms with Crippen LogP contribution in [-0.4, -0.2) is 63.3 Å². The molecule has 7 heteroatoms. The van der Waals surface area contributed by atoms with Crippen molar-refractivity contribution >= 4 is 0 Å². The molecule has 0 amide bonds. The number of unbranched alkanes of at least 4 members (excludes halogenated alkanes) is 60. The summed E-state index contributed by atoms with van der Waals surface area (Å²) in [6.45, 7) is 14.8. The van der Waals surface area contributed by atoms with Gasteiger partial charge in [0.15, 0.2) is 0 Å². The van der Waals surface area contributed by atoms with Crippen LogP contribution < -0.4 is 7.52 Å². The number of rotatable bonds is 68. The van der Waals surface area contributed by atoms with Gasteiger partial charge < -0.3 is 8.97 Å². The quantitative estimate of drug-likeness (QED) is 0.0345. The van der Waals surface area contributed by atoms with E-state index in [0.717, 1.165) is 0 Å². The van der Waals surface area contributed by atoms with Crippen LogP contribution in [0.2, 0.25) is 0 Å². The maximum absolute atomic E-state index is 8.63. The van der Waals surface area contributed by atoms with Crippen molar-refractivity contribution in [2.75, 3.05) is 54.4 Å². The van der Waals surface area contributed by atoms with Gasteiger partial charge in [-0.25, -0.2) is 0 Å². The zero-order valence-corrected chi connectivity index (χ0v) is 61.0. The van der Waals surface area contributed by atoms with E-state index in [-0.39, 0.29) is 0 Å². The van der Waals surface area contributed by atoms with Crippen LogP contribution in [-0.2, 0) is 23.5 Å². The van der Waals surface area contributed by atoms with E-state index in [4.69, 9.17) is 14.3 Å². The molecule has 0 saturated carbocycles. The van der Waals surface area contributed by atoms with E-state index in [1.807, 2.05) is 0 Å². The molecule has 0 aromatic heterocycles. The molecule has 0 unspecified atom stereocenters. The normalized spacial score (nSPS) is 12.0. The predicted molar refractivity (Wildman–Crippen MR) is 363 cm³/mol. The van der Waals surface area contributed by atoms with Crippen molar-refractivity contribution in [1.82, 2.24) is 0 Å². The second-order valence-corrected chi connectivity index (χ2v) is 30.4. The predicted octanol–water partition coefficient (Wildman–Crippen LogP) is 24.6. The first-order chi connectivity index (χ1) is 40.2. The van der Waals surface area contributed by atoms with Gasteiger partial charge in [-0.15, -0.1) is 0 Å². The molecule has 6 nitrogen and oxygen atoms in total. The van der Waals surface area contributed by atoms with Gasteiger partial charge in [0.1, 0.15) is 0 Å². The van der Waals surface area contributed by atoms with Crippen LogP contribution in [0.25, 0.3) is 0 Å². The third kappa shape index (κ3) is 91.0. The third-order valence-corrected chi connectivity index (χ3v) is 18.5. The van der Waals surface area contributed by atoms with Gasteiger partial charge in [0.05, 0.1) is 54.4 Å². The molecule has 0 aliphatic carbocycles. The Labute approximate surface area is 529 Å². The fourth-order valence-electron chi connectivity index (χ4n) is 12.6. The Morgan fingerprint density at radius 2 is 0.253 bits per heavy atom. The van der Waals surface area contributed by atoms with E-state index in [1.165, 1.54) is 446 Å². The summed E-state index contributed by atoms with van der Waals surface area (Å²) in [5.41, 5.74) is 0. The van der Waals surface area contributed by atoms with Gasteiger partial charge in [-0.1, -0.05) is 387 Å². The van der Waals surface area contributed by atoms with Crippen LogP contribution in [0.3, 0.4) is 0 Å². The van der Waals surface area contributed by atoms with Crippen LogP contribution >= 0.6 is 0 Å². The van der Waals surface area contributed by atoms with Gasteiger partial charge >= 0.3 is 31.1 Å². The fourth-order valence-corrected chi connectivity index (χ4v) is 12.6. The standard InChI is InChI=1S/2C38H80N.Mo.4O/c2*1-5-7-9-11-13-15-17-19-21-23-25-27-29-31-33-35-37-39(3,4)38-36-34-32-30-28-26-24-22-20-18-16-14-12-10-8-6-2;;;;;/h2*5-38H2,1-4H3;;;;;/q2*+1;;;;2*-1. The van der Waals surface area contributed by atoms with Gasteiger partial charge in [0, 0.05) is 0 Å². The van der Waals surface area contributed by atoms with E-state index in [1.54, 1.807) is 0 Å². The van der Waals surface area contributed by atoms with E-state index < -0.39 is 16.7 Å². The molecule has 0 radical (unpaired) electrons. The Kier molecular flexibility index (Phi) is 76.7. The summed E-state index contributed by atoms with van der Waals surface area (Å²) in [5, 5.41) is 0. The van der Waals surface area contributed by atoms with Crippen LogP contribution in [0, 0.1) is 0 Å². The van der Waals surface area contributed by atoms with Crippen LogP contribution in [0.1, 0.15) is 439 Å². The Bertz CT molecular complexity index is 1090. The van der Waals surface area contributed by atoms with Crippen molar-refractivity contribution in [2.24, 2.45) is 0 Å². The molecule has 0 aromatic rings. The number of quaternary nitrogens is 2. The molecule has 0 heterocycles. The number of nitrogens with zero attached hydrogens (tertiary/aromatic N) is 2. The third-order valence-electron chi connectivity index (χ3n) is 18.5. The fraction of sp³-hybridized carbons (Fsp3) is 1.00. The van der Waals surface area contributed by atoms with Crippen LogP contribution in [0.15, 0.2) is 0 Å².